The molecule has 2 aromatic heterocycles. The van der Waals surface area contributed by atoms with E-state index >= 15 is 0 Å². The summed E-state index contributed by atoms with van der Waals surface area (Å²) in [6.07, 6.45) is -1.24. The monoisotopic (exact) mass is 365 g/mol. The van der Waals surface area contributed by atoms with Crippen molar-refractivity contribution in [2.45, 2.75) is 45.5 Å². The van der Waals surface area contributed by atoms with E-state index in [-0.39, 0.29) is 0 Å². The minimum atomic E-state index is -4.39. The first-order valence-electron chi connectivity index (χ1n) is 8.64. The maximum Gasteiger partial charge on any atom is 0.433 e. The van der Waals surface area contributed by atoms with Gasteiger partial charge in [-0.1, -0.05) is 6.07 Å². The highest BCUT2D eigenvalue weighted by Crippen LogP contribution is 2.27. The molecule has 5 nitrogen and oxygen atoms in total. The largest absolute Gasteiger partial charge is 0.433 e. The third-order valence-corrected chi connectivity index (χ3v) is 4.46. The first kappa shape index (κ1) is 18.6. The molecule has 2 aromatic rings. The second-order valence-electron chi connectivity index (χ2n) is 6.64. The van der Waals surface area contributed by atoms with E-state index in [2.05, 4.69) is 25.2 Å². The predicted octanol–water partition coefficient (Wildman–Crippen LogP) is 3.27. The molecule has 1 aliphatic heterocycles. The second kappa shape index (κ2) is 7.57. The van der Waals surface area contributed by atoms with Gasteiger partial charge < -0.3 is 10.2 Å². The first-order valence-corrected chi connectivity index (χ1v) is 8.64. The average molecular weight is 365 g/mol. The van der Waals surface area contributed by atoms with E-state index in [4.69, 9.17) is 0 Å². The molecule has 0 spiro atoms. The Balaban J connectivity index is 1.50. The predicted molar refractivity (Wildman–Crippen MR) is 92.8 cm³/mol. The molecule has 26 heavy (non-hydrogen) atoms. The van der Waals surface area contributed by atoms with E-state index < -0.39 is 11.9 Å². The molecule has 140 valence electrons. The Morgan fingerprint density at radius 3 is 2.31 bits per heavy atom. The average Bonchev–Trinajstić information content (AvgIpc) is 2.59. The summed E-state index contributed by atoms with van der Waals surface area (Å²) < 4.78 is 37.6. The van der Waals surface area contributed by atoms with Crippen molar-refractivity contribution in [2.24, 2.45) is 0 Å². The van der Waals surface area contributed by atoms with Crippen LogP contribution in [-0.2, 0) is 12.7 Å². The fourth-order valence-corrected chi connectivity index (χ4v) is 3.09. The van der Waals surface area contributed by atoms with Gasteiger partial charge in [-0.15, -0.1) is 0 Å². The maximum absolute atomic E-state index is 12.5. The van der Waals surface area contributed by atoms with E-state index in [9.17, 15) is 13.2 Å². The van der Waals surface area contributed by atoms with Crippen LogP contribution in [0, 0.1) is 13.8 Å². The molecule has 1 aliphatic rings. The number of alkyl halides is 3. The second-order valence-corrected chi connectivity index (χ2v) is 6.64. The molecule has 0 atom stereocenters. The standard InChI is InChI=1S/C18H22F3N5/c1-12-9-13(2)25-17(24-12)26-7-5-15(6-8-26)22-10-14-3-4-16(23-11-14)18(19,20)21/h3-4,9,11,15,22H,5-8,10H2,1-2H3. The molecule has 1 saturated heterocycles. The molecular formula is C18H22F3N5. The lowest BCUT2D eigenvalue weighted by Gasteiger charge is -2.32. The van der Waals surface area contributed by atoms with Crippen LogP contribution in [0.5, 0.6) is 0 Å². The van der Waals surface area contributed by atoms with Gasteiger partial charge in [-0.3, -0.25) is 4.98 Å². The van der Waals surface area contributed by atoms with Crippen LogP contribution in [0.2, 0.25) is 0 Å². The smallest absolute Gasteiger partial charge is 0.341 e. The zero-order valence-electron chi connectivity index (χ0n) is 14.8. The summed E-state index contributed by atoms with van der Waals surface area (Å²) in [4.78, 5) is 14.7. The van der Waals surface area contributed by atoms with Crippen LogP contribution in [0.25, 0.3) is 0 Å². The number of anilines is 1. The Hall–Kier alpha value is -2.22. The number of hydrogen-bond acceptors (Lipinski definition) is 5. The highest BCUT2D eigenvalue weighted by molar-refractivity contribution is 5.32. The Bertz CT molecular complexity index is 717. The van der Waals surface area contributed by atoms with Crippen molar-refractivity contribution in [3.05, 3.63) is 47.0 Å². The Labute approximate surface area is 150 Å². The highest BCUT2D eigenvalue weighted by atomic mass is 19.4. The quantitative estimate of drug-likeness (QED) is 0.901. The van der Waals surface area contributed by atoms with Gasteiger partial charge in [-0.25, -0.2) is 9.97 Å². The summed E-state index contributed by atoms with van der Waals surface area (Å²) in [6, 6.07) is 4.77. The summed E-state index contributed by atoms with van der Waals surface area (Å²) in [5.41, 5.74) is 1.81. The van der Waals surface area contributed by atoms with Crippen LogP contribution in [-0.4, -0.2) is 34.1 Å². The molecule has 3 heterocycles. The van der Waals surface area contributed by atoms with Gasteiger partial charge in [-0.2, -0.15) is 13.2 Å². The number of nitrogens with zero attached hydrogens (tertiary/aromatic N) is 4. The van der Waals surface area contributed by atoms with Gasteiger partial charge in [0.25, 0.3) is 0 Å². The number of rotatable bonds is 4. The van der Waals surface area contributed by atoms with Crippen molar-refractivity contribution in [3.8, 4) is 0 Å². The lowest BCUT2D eigenvalue weighted by Crippen LogP contribution is -2.43. The third kappa shape index (κ3) is 4.69. The Kier molecular flexibility index (Phi) is 5.41. The van der Waals surface area contributed by atoms with E-state index in [1.807, 2.05) is 19.9 Å². The lowest BCUT2D eigenvalue weighted by atomic mass is 10.0. The van der Waals surface area contributed by atoms with Gasteiger partial charge in [-0.05, 0) is 44.4 Å². The third-order valence-electron chi connectivity index (χ3n) is 4.46. The van der Waals surface area contributed by atoms with Crippen molar-refractivity contribution < 1.29 is 13.2 Å². The van der Waals surface area contributed by atoms with E-state index in [1.165, 1.54) is 12.3 Å². The van der Waals surface area contributed by atoms with Gasteiger partial charge in [0, 0.05) is 43.3 Å². The van der Waals surface area contributed by atoms with E-state index in [0.29, 0.717) is 12.6 Å². The maximum atomic E-state index is 12.5. The van der Waals surface area contributed by atoms with Crippen LogP contribution in [0.1, 0.15) is 35.5 Å². The zero-order valence-corrected chi connectivity index (χ0v) is 14.8. The normalized spacial score (nSPS) is 16.1. The number of aromatic nitrogens is 3. The van der Waals surface area contributed by atoms with Crippen molar-refractivity contribution in [2.75, 3.05) is 18.0 Å². The summed E-state index contributed by atoms with van der Waals surface area (Å²) in [7, 11) is 0. The van der Waals surface area contributed by atoms with Crippen molar-refractivity contribution >= 4 is 5.95 Å². The SMILES string of the molecule is Cc1cc(C)nc(N2CCC(NCc3ccc(C(F)(F)F)nc3)CC2)n1. The van der Waals surface area contributed by atoms with Crippen LogP contribution in [0.3, 0.4) is 0 Å². The molecule has 0 amide bonds. The zero-order chi connectivity index (χ0) is 18.7. The van der Waals surface area contributed by atoms with E-state index in [0.717, 1.165) is 54.9 Å². The lowest BCUT2D eigenvalue weighted by molar-refractivity contribution is -0.141. The molecule has 1 N–H and O–H groups in total. The van der Waals surface area contributed by atoms with Crippen molar-refractivity contribution in [1.82, 2.24) is 20.3 Å². The number of piperidine rings is 1. The van der Waals surface area contributed by atoms with Crippen LogP contribution in [0.15, 0.2) is 24.4 Å². The minimum Gasteiger partial charge on any atom is -0.341 e. The molecular weight excluding hydrogens is 343 g/mol. The van der Waals surface area contributed by atoms with Crippen molar-refractivity contribution in [1.29, 1.82) is 0 Å². The van der Waals surface area contributed by atoms with Gasteiger partial charge in [0.1, 0.15) is 5.69 Å². The highest BCUT2D eigenvalue weighted by Gasteiger charge is 2.32. The Morgan fingerprint density at radius 2 is 1.77 bits per heavy atom. The molecule has 0 aromatic carbocycles. The van der Waals surface area contributed by atoms with Gasteiger partial charge in [0.2, 0.25) is 5.95 Å². The van der Waals surface area contributed by atoms with Crippen LogP contribution in [0.4, 0.5) is 19.1 Å². The fraction of sp³-hybridized carbons (Fsp3) is 0.500. The Morgan fingerprint density at radius 1 is 1.12 bits per heavy atom. The summed E-state index contributed by atoms with van der Waals surface area (Å²) >= 11 is 0. The molecule has 0 saturated carbocycles. The van der Waals surface area contributed by atoms with Gasteiger partial charge in [0.15, 0.2) is 0 Å². The summed E-state index contributed by atoms with van der Waals surface area (Å²) in [5.74, 6) is 0.771. The number of nitrogens with one attached hydrogen (secondary N) is 1. The number of aryl methyl sites for hydroxylation is 2. The molecule has 3 rings (SSSR count). The number of halogens is 3. The molecule has 0 bridgehead atoms. The molecule has 0 unspecified atom stereocenters. The van der Waals surface area contributed by atoms with Crippen LogP contribution < -0.4 is 10.2 Å². The minimum absolute atomic E-state index is 0.319. The van der Waals surface area contributed by atoms with Crippen LogP contribution >= 0.6 is 0 Å². The fourth-order valence-electron chi connectivity index (χ4n) is 3.09. The number of pyridine rings is 1. The molecule has 0 aliphatic carbocycles. The number of hydrogen-bond donors (Lipinski definition) is 1. The van der Waals surface area contributed by atoms with Crippen molar-refractivity contribution in [3.63, 3.8) is 0 Å². The van der Waals surface area contributed by atoms with E-state index in [1.54, 1.807) is 0 Å². The summed E-state index contributed by atoms with van der Waals surface area (Å²) in [5, 5.41) is 3.40. The van der Waals surface area contributed by atoms with Gasteiger partial charge >= 0.3 is 6.18 Å². The first-order chi connectivity index (χ1) is 12.3. The molecule has 0 radical (unpaired) electrons. The topological polar surface area (TPSA) is 53.9 Å². The molecule has 1 fully saturated rings. The molecule has 8 heteroatoms. The summed E-state index contributed by atoms with van der Waals surface area (Å²) in [6.45, 7) is 6.14. The van der Waals surface area contributed by atoms with Gasteiger partial charge in [0.05, 0.1) is 0 Å².